The van der Waals surface area contributed by atoms with Crippen LogP contribution in [0.1, 0.15) is 5.56 Å². The summed E-state index contributed by atoms with van der Waals surface area (Å²) in [7, 11) is -2.44. The lowest BCUT2D eigenvalue weighted by Crippen LogP contribution is -2.18. The number of rotatable bonds is 5. The Morgan fingerprint density at radius 3 is 2.45 bits per heavy atom. The predicted molar refractivity (Wildman–Crippen MR) is 111 cm³/mol. The molecule has 31 heavy (non-hydrogen) atoms. The van der Waals surface area contributed by atoms with Crippen LogP contribution in [-0.4, -0.2) is 25.4 Å². The molecule has 11 heteroatoms. The Labute approximate surface area is 179 Å². The van der Waals surface area contributed by atoms with Gasteiger partial charge in [0.2, 0.25) is 10.0 Å². The fraction of sp³-hybridized carbons (Fsp3) is 0.100. The van der Waals surface area contributed by atoms with E-state index in [0.717, 1.165) is 12.1 Å². The van der Waals surface area contributed by atoms with E-state index in [4.69, 9.17) is 4.74 Å². The molecule has 0 atom stereocenters. The molecule has 2 heterocycles. The first-order valence-corrected chi connectivity index (χ1v) is 11.1. The topological polar surface area (TPSA) is 81.2 Å². The number of sulfonamides is 1. The van der Waals surface area contributed by atoms with E-state index in [1.165, 1.54) is 48.7 Å². The van der Waals surface area contributed by atoms with Crippen molar-refractivity contribution >= 4 is 31.7 Å². The Morgan fingerprint density at radius 2 is 1.81 bits per heavy atom. The number of hydrogen-bond acceptors (Lipinski definition) is 6. The standard InChI is InChI=1S/C20H14F3N3O3S2/c1-24-31(27,28)14-8-9-17(29-13-6-4-12(5-7-13)20(21,22)23)15(11-14)18-26-16-3-2-10-25-19(16)30-18/h2-11,24H,1H3. The van der Waals surface area contributed by atoms with Crippen LogP contribution in [-0.2, 0) is 16.2 Å². The molecule has 0 aliphatic carbocycles. The van der Waals surface area contributed by atoms with Crippen LogP contribution in [0.25, 0.3) is 20.9 Å². The number of hydrogen-bond donors (Lipinski definition) is 1. The summed E-state index contributed by atoms with van der Waals surface area (Å²) in [5.74, 6) is 0.409. The van der Waals surface area contributed by atoms with Gasteiger partial charge in [0.25, 0.3) is 0 Å². The second-order valence-electron chi connectivity index (χ2n) is 6.34. The summed E-state index contributed by atoms with van der Waals surface area (Å²) in [6.45, 7) is 0. The van der Waals surface area contributed by atoms with E-state index in [-0.39, 0.29) is 16.4 Å². The lowest BCUT2D eigenvalue weighted by Gasteiger charge is -2.13. The van der Waals surface area contributed by atoms with Gasteiger partial charge in [-0.15, -0.1) is 0 Å². The summed E-state index contributed by atoms with van der Waals surface area (Å²) in [6.07, 6.45) is -2.84. The van der Waals surface area contributed by atoms with Gasteiger partial charge >= 0.3 is 6.18 Å². The van der Waals surface area contributed by atoms with Gasteiger partial charge in [0.1, 0.15) is 26.9 Å². The summed E-state index contributed by atoms with van der Waals surface area (Å²) in [5.41, 5.74) is 0.205. The number of ether oxygens (including phenoxy) is 1. The van der Waals surface area contributed by atoms with Gasteiger partial charge in [-0.1, -0.05) is 11.3 Å². The molecule has 0 aliphatic rings. The van der Waals surface area contributed by atoms with E-state index in [2.05, 4.69) is 14.7 Å². The zero-order chi connectivity index (χ0) is 22.2. The smallest absolute Gasteiger partial charge is 0.416 e. The van der Waals surface area contributed by atoms with Crippen molar-refractivity contribution in [3.63, 3.8) is 0 Å². The molecule has 0 aliphatic heterocycles. The van der Waals surface area contributed by atoms with E-state index in [9.17, 15) is 21.6 Å². The lowest BCUT2D eigenvalue weighted by molar-refractivity contribution is -0.137. The number of halogens is 3. The SMILES string of the molecule is CNS(=O)(=O)c1ccc(Oc2ccc(C(F)(F)F)cc2)c(-c2nc3cccnc3s2)c1. The Balaban J connectivity index is 1.80. The fourth-order valence-electron chi connectivity index (χ4n) is 2.77. The number of thiazole rings is 1. The number of aromatic nitrogens is 2. The molecule has 6 nitrogen and oxygen atoms in total. The average Bonchev–Trinajstić information content (AvgIpc) is 3.18. The van der Waals surface area contributed by atoms with Crippen molar-refractivity contribution in [2.24, 2.45) is 0 Å². The number of benzene rings is 2. The van der Waals surface area contributed by atoms with E-state index >= 15 is 0 Å². The first-order chi connectivity index (χ1) is 14.7. The van der Waals surface area contributed by atoms with Gasteiger partial charge in [-0.3, -0.25) is 0 Å². The molecule has 0 spiro atoms. The molecule has 4 rings (SSSR count). The van der Waals surface area contributed by atoms with Crippen molar-refractivity contribution in [1.29, 1.82) is 0 Å². The van der Waals surface area contributed by atoms with Crippen LogP contribution in [0.2, 0.25) is 0 Å². The van der Waals surface area contributed by atoms with Crippen molar-refractivity contribution in [2.45, 2.75) is 11.1 Å². The molecule has 160 valence electrons. The Bertz CT molecular complexity index is 1320. The maximum absolute atomic E-state index is 12.8. The summed E-state index contributed by atoms with van der Waals surface area (Å²) in [5, 5.41) is 0.462. The molecule has 2 aromatic heterocycles. The molecule has 0 fully saturated rings. The Hall–Kier alpha value is -3.02. The van der Waals surface area contributed by atoms with Gasteiger partial charge < -0.3 is 4.74 Å². The zero-order valence-corrected chi connectivity index (χ0v) is 17.5. The molecule has 0 radical (unpaired) electrons. The van der Waals surface area contributed by atoms with Crippen molar-refractivity contribution in [3.8, 4) is 22.1 Å². The summed E-state index contributed by atoms with van der Waals surface area (Å²) >= 11 is 1.24. The highest BCUT2D eigenvalue weighted by Gasteiger charge is 2.30. The minimum Gasteiger partial charge on any atom is -0.457 e. The van der Waals surface area contributed by atoms with Gasteiger partial charge in [-0.25, -0.2) is 23.1 Å². The molecular weight excluding hydrogens is 451 g/mol. The van der Waals surface area contributed by atoms with Crippen LogP contribution >= 0.6 is 11.3 Å². The molecule has 0 amide bonds. The van der Waals surface area contributed by atoms with Gasteiger partial charge in [-0.2, -0.15) is 13.2 Å². The van der Waals surface area contributed by atoms with Crippen molar-refractivity contribution < 1.29 is 26.3 Å². The summed E-state index contributed by atoms with van der Waals surface area (Å²) in [6, 6.07) is 11.9. The predicted octanol–water partition coefficient (Wildman–Crippen LogP) is 5.08. The third-order valence-electron chi connectivity index (χ3n) is 4.34. The van der Waals surface area contributed by atoms with Crippen LogP contribution in [0.4, 0.5) is 13.2 Å². The normalized spacial score (nSPS) is 12.3. The summed E-state index contributed by atoms with van der Waals surface area (Å²) in [4.78, 5) is 9.38. The van der Waals surface area contributed by atoms with Crippen LogP contribution in [0.5, 0.6) is 11.5 Å². The fourth-order valence-corrected chi connectivity index (χ4v) is 4.46. The highest BCUT2D eigenvalue weighted by atomic mass is 32.2. The van der Waals surface area contributed by atoms with Crippen LogP contribution in [0.3, 0.4) is 0 Å². The van der Waals surface area contributed by atoms with Crippen LogP contribution in [0.15, 0.2) is 65.7 Å². The van der Waals surface area contributed by atoms with Gasteiger partial charge in [0.15, 0.2) is 0 Å². The molecule has 0 saturated heterocycles. The van der Waals surface area contributed by atoms with Crippen LogP contribution in [0, 0.1) is 0 Å². The first kappa shape index (κ1) is 21.2. The lowest BCUT2D eigenvalue weighted by atomic mass is 10.2. The van der Waals surface area contributed by atoms with Crippen molar-refractivity contribution in [3.05, 3.63) is 66.4 Å². The molecule has 0 saturated carbocycles. The largest absolute Gasteiger partial charge is 0.457 e. The van der Waals surface area contributed by atoms with Gasteiger partial charge in [0.05, 0.1) is 16.0 Å². The number of nitrogens with zero attached hydrogens (tertiary/aromatic N) is 2. The minimum atomic E-state index is -4.46. The number of alkyl halides is 3. The molecular formula is C20H14F3N3O3S2. The van der Waals surface area contributed by atoms with E-state index in [1.54, 1.807) is 18.3 Å². The molecule has 4 aromatic rings. The number of fused-ring (bicyclic) bond motifs is 1. The minimum absolute atomic E-state index is 0.00279. The van der Waals surface area contributed by atoms with Crippen molar-refractivity contribution in [1.82, 2.24) is 14.7 Å². The van der Waals surface area contributed by atoms with E-state index < -0.39 is 21.8 Å². The average molecular weight is 465 g/mol. The molecule has 0 unspecified atom stereocenters. The highest BCUT2D eigenvalue weighted by Crippen LogP contribution is 2.39. The second-order valence-corrected chi connectivity index (χ2v) is 9.20. The van der Waals surface area contributed by atoms with Gasteiger partial charge in [-0.05, 0) is 61.6 Å². The van der Waals surface area contributed by atoms with E-state index in [0.29, 0.717) is 20.9 Å². The monoisotopic (exact) mass is 465 g/mol. The zero-order valence-electron chi connectivity index (χ0n) is 15.8. The summed E-state index contributed by atoms with van der Waals surface area (Å²) < 4.78 is 71.0. The Morgan fingerprint density at radius 1 is 1.06 bits per heavy atom. The van der Waals surface area contributed by atoms with E-state index in [1.807, 2.05) is 0 Å². The number of nitrogens with one attached hydrogen (secondary N) is 1. The number of pyridine rings is 1. The maximum atomic E-state index is 12.8. The molecule has 0 bridgehead atoms. The molecule has 1 N–H and O–H groups in total. The quantitative estimate of drug-likeness (QED) is 0.445. The molecule has 2 aromatic carbocycles. The third-order valence-corrected chi connectivity index (χ3v) is 6.76. The highest BCUT2D eigenvalue weighted by molar-refractivity contribution is 7.89. The first-order valence-electron chi connectivity index (χ1n) is 8.82. The second kappa shape index (κ2) is 7.91. The Kier molecular flexibility index (Phi) is 5.42. The third kappa shape index (κ3) is 4.38. The van der Waals surface area contributed by atoms with Crippen molar-refractivity contribution in [2.75, 3.05) is 7.05 Å². The van der Waals surface area contributed by atoms with Crippen LogP contribution < -0.4 is 9.46 Å². The van der Waals surface area contributed by atoms with Gasteiger partial charge in [0, 0.05) is 6.20 Å². The maximum Gasteiger partial charge on any atom is 0.416 e.